The number of ether oxygens (including phenoxy) is 1. The molecule has 0 radical (unpaired) electrons. The molecule has 8 heteroatoms. The van der Waals surface area contributed by atoms with E-state index in [1.54, 1.807) is 20.4 Å². The van der Waals surface area contributed by atoms with E-state index in [0.29, 0.717) is 16.8 Å². The lowest BCUT2D eigenvalue weighted by Gasteiger charge is -1.99. The molecule has 7 nitrogen and oxygen atoms in total. The minimum Gasteiger partial charge on any atom is -0.497 e. The molecule has 0 atom stereocenters. The van der Waals surface area contributed by atoms with E-state index < -0.39 is 0 Å². The third kappa shape index (κ3) is 2.91. The van der Waals surface area contributed by atoms with Crippen molar-refractivity contribution in [1.82, 2.24) is 19.7 Å². The Labute approximate surface area is 130 Å². The van der Waals surface area contributed by atoms with E-state index in [4.69, 9.17) is 9.15 Å². The maximum atomic E-state index is 11.3. The SMILES string of the molecule is COc1ccc(-c2nc(CSc3n[nH]c(=O)n3C)co2)cc1. The lowest BCUT2D eigenvalue weighted by atomic mass is 10.2. The molecule has 0 saturated heterocycles. The van der Waals surface area contributed by atoms with Crippen LogP contribution in [0.2, 0.25) is 0 Å². The van der Waals surface area contributed by atoms with Gasteiger partial charge < -0.3 is 9.15 Å². The monoisotopic (exact) mass is 318 g/mol. The van der Waals surface area contributed by atoms with Gasteiger partial charge in [-0.25, -0.2) is 14.9 Å². The normalized spacial score (nSPS) is 10.8. The summed E-state index contributed by atoms with van der Waals surface area (Å²) < 4.78 is 12.1. The minimum absolute atomic E-state index is 0.235. The lowest BCUT2D eigenvalue weighted by molar-refractivity contribution is 0.415. The standard InChI is InChI=1S/C14H14N4O3S/c1-18-13(19)16-17-14(18)22-8-10-7-21-12(15-10)9-3-5-11(20-2)6-4-9/h3-7H,8H2,1-2H3,(H,16,19). The van der Waals surface area contributed by atoms with E-state index >= 15 is 0 Å². The van der Waals surface area contributed by atoms with E-state index in [-0.39, 0.29) is 5.69 Å². The van der Waals surface area contributed by atoms with Gasteiger partial charge in [-0.05, 0) is 24.3 Å². The molecule has 0 unspecified atom stereocenters. The Balaban J connectivity index is 1.70. The van der Waals surface area contributed by atoms with Crippen LogP contribution < -0.4 is 10.4 Å². The van der Waals surface area contributed by atoms with Crippen LogP contribution in [-0.2, 0) is 12.8 Å². The van der Waals surface area contributed by atoms with E-state index in [0.717, 1.165) is 17.0 Å². The molecule has 0 fully saturated rings. The number of hydrogen-bond acceptors (Lipinski definition) is 6. The van der Waals surface area contributed by atoms with Crippen LogP contribution in [0, 0.1) is 0 Å². The van der Waals surface area contributed by atoms with Crippen LogP contribution in [0.4, 0.5) is 0 Å². The summed E-state index contributed by atoms with van der Waals surface area (Å²) in [6, 6.07) is 7.49. The number of thioether (sulfide) groups is 1. The summed E-state index contributed by atoms with van der Waals surface area (Å²) in [5.74, 6) is 1.90. The zero-order valence-corrected chi connectivity index (χ0v) is 12.9. The largest absolute Gasteiger partial charge is 0.497 e. The summed E-state index contributed by atoms with van der Waals surface area (Å²) in [4.78, 5) is 15.7. The Kier molecular flexibility index (Phi) is 4.01. The van der Waals surface area contributed by atoms with Gasteiger partial charge in [-0.15, -0.1) is 5.10 Å². The molecule has 0 bridgehead atoms. The first-order chi connectivity index (χ1) is 10.7. The fourth-order valence-corrected chi connectivity index (χ4v) is 2.64. The zero-order valence-electron chi connectivity index (χ0n) is 12.1. The summed E-state index contributed by atoms with van der Waals surface area (Å²) in [7, 11) is 3.29. The summed E-state index contributed by atoms with van der Waals surface area (Å²) >= 11 is 1.41. The second-order valence-electron chi connectivity index (χ2n) is 4.53. The van der Waals surface area contributed by atoms with Gasteiger partial charge in [0, 0.05) is 18.4 Å². The van der Waals surface area contributed by atoms with Gasteiger partial charge in [0.1, 0.15) is 12.0 Å². The zero-order chi connectivity index (χ0) is 15.5. The number of rotatable bonds is 5. The molecular weight excluding hydrogens is 304 g/mol. The van der Waals surface area contributed by atoms with Crippen molar-refractivity contribution in [2.24, 2.45) is 7.05 Å². The van der Waals surface area contributed by atoms with Gasteiger partial charge in [-0.2, -0.15) is 0 Å². The van der Waals surface area contributed by atoms with Crippen molar-refractivity contribution in [2.75, 3.05) is 7.11 Å². The van der Waals surface area contributed by atoms with Crippen LogP contribution in [0.1, 0.15) is 5.69 Å². The molecule has 1 N–H and O–H groups in total. The van der Waals surface area contributed by atoms with Gasteiger partial charge in [-0.3, -0.25) is 4.57 Å². The lowest BCUT2D eigenvalue weighted by Crippen LogP contribution is -2.12. The van der Waals surface area contributed by atoms with Crippen LogP contribution in [0.15, 0.2) is 44.9 Å². The molecule has 2 aromatic heterocycles. The van der Waals surface area contributed by atoms with Crippen LogP contribution >= 0.6 is 11.8 Å². The summed E-state index contributed by atoms with van der Waals surface area (Å²) in [6.07, 6.45) is 1.61. The van der Waals surface area contributed by atoms with Gasteiger partial charge >= 0.3 is 5.69 Å². The number of hydrogen-bond donors (Lipinski definition) is 1. The number of nitrogens with one attached hydrogen (secondary N) is 1. The first-order valence-corrected chi connectivity index (χ1v) is 7.49. The topological polar surface area (TPSA) is 85.9 Å². The van der Waals surface area contributed by atoms with Crippen molar-refractivity contribution in [2.45, 2.75) is 10.9 Å². The second kappa shape index (κ2) is 6.10. The highest BCUT2D eigenvalue weighted by molar-refractivity contribution is 7.98. The predicted molar refractivity (Wildman–Crippen MR) is 81.9 cm³/mol. The average Bonchev–Trinajstić information content (AvgIpc) is 3.14. The summed E-state index contributed by atoms with van der Waals surface area (Å²) in [6.45, 7) is 0. The average molecular weight is 318 g/mol. The summed E-state index contributed by atoms with van der Waals surface area (Å²) in [5, 5.41) is 6.94. The highest BCUT2D eigenvalue weighted by Gasteiger charge is 2.10. The quantitative estimate of drug-likeness (QED) is 0.725. The Morgan fingerprint density at radius 1 is 1.36 bits per heavy atom. The molecule has 114 valence electrons. The fourth-order valence-electron chi connectivity index (χ4n) is 1.84. The number of oxazole rings is 1. The Hall–Kier alpha value is -2.48. The fraction of sp³-hybridized carbons (Fsp3) is 0.214. The summed E-state index contributed by atoms with van der Waals surface area (Å²) in [5.41, 5.74) is 1.43. The Morgan fingerprint density at radius 2 is 2.14 bits per heavy atom. The van der Waals surface area contributed by atoms with Crippen molar-refractivity contribution in [3.63, 3.8) is 0 Å². The Bertz CT molecular complexity index is 819. The second-order valence-corrected chi connectivity index (χ2v) is 5.47. The number of benzene rings is 1. The van der Waals surface area contributed by atoms with E-state index in [1.807, 2.05) is 24.3 Å². The van der Waals surface area contributed by atoms with Crippen molar-refractivity contribution in [1.29, 1.82) is 0 Å². The number of H-pyrrole nitrogens is 1. The van der Waals surface area contributed by atoms with E-state index in [2.05, 4.69) is 15.2 Å². The van der Waals surface area contributed by atoms with Crippen LogP contribution in [0.25, 0.3) is 11.5 Å². The number of nitrogens with zero attached hydrogens (tertiary/aromatic N) is 3. The van der Waals surface area contributed by atoms with Crippen molar-refractivity contribution in [3.8, 4) is 17.2 Å². The highest BCUT2D eigenvalue weighted by atomic mass is 32.2. The molecule has 2 heterocycles. The Morgan fingerprint density at radius 3 is 2.77 bits per heavy atom. The van der Waals surface area contributed by atoms with Gasteiger partial charge in [-0.1, -0.05) is 11.8 Å². The molecule has 0 spiro atoms. The molecule has 0 saturated carbocycles. The van der Waals surface area contributed by atoms with Crippen LogP contribution in [0.5, 0.6) is 5.75 Å². The highest BCUT2D eigenvalue weighted by Crippen LogP contribution is 2.24. The van der Waals surface area contributed by atoms with E-state index in [1.165, 1.54) is 16.3 Å². The maximum Gasteiger partial charge on any atom is 0.343 e. The molecule has 0 amide bonds. The molecule has 22 heavy (non-hydrogen) atoms. The van der Waals surface area contributed by atoms with Gasteiger partial charge in [0.25, 0.3) is 0 Å². The van der Waals surface area contributed by atoms with Gasteiger partial charge in [0.15, 0.2) is 5.16 Å². The molecule has 0 aliphatic rings. The predicted octanol–water partition coefficient (Wildman–Crippen LogP) is 2.06. The van der Waals surface area contributed by atoms with Gasteiger partial charge in [0.2, 0.25) is 5.89 Å². The molecule has 0 aliphatic carbocycles. The van der Waals surface area contributed by atoms with E-state index in [9.17, 15) is 4.79 Å². The maximum absolute atomic E-state index is 11.3. The van der Waals surface area contributed by atoms with Gasteiger partial charge in [0.05, 0.1) is 12.8 Å². The number of aromatic nitrogens is 4. The minimum atomic E-state index is -0.235. The number of aromatic amines is 1. The van der Waals surface area contributed by atoms with Crippen molar-refractivity contribution < 1.29 is 9.15 Å². The molecule has 0 aliphatic heterocycles. The third-order valence-electron chi connectivity index (χ3n) is 3.08. The molecular formula is C14H14N4O3S. The van der Waals surface area contributed by atoms with Crippen LogP contribution in [-0.4, -0.2) is 26.9 Å². The third-order valence-corrected chi connectivity index (χ3v) is 4.14. The molecule has 1 aromatic carbocycles. The number of methoxy groups -OCH3 is 1. The smallest absolute Gasteiger partial charge is 0.343 e. The van der Waals surface area contributed by atoms with Crippen molar-refractivity contribution >= 4 is 11.8 Å². The van der Waals surface area contributed by atoms with Crippen molar-refractivity contribution in [3.05, 3.63) is 46.7 Å². The first kappa shape index (κ1) is 14.5. The molecule has 3 rings (SSSR count). The molecule has 3 aromatic rings. The first-order valence-electron chi connectivity index (χ1n) is 6.50. The van der Waals surface area contributed by atoms with Crippen LogP contribution in [0.3, 0.4) is 0 Å².